The lowest BCUT2D eigenvalue weighted by Crippen LogP contribution is -2.56. The fourth-order valence-corrected chi connectivity index (χ4v) is 2.85. The first kappa shape index (κ1) is 17.2. The van der Waals surface area contributed by atoms with Crippen molar-refractivity contribution in [3.8, 4) is 0 Å². The van der Waals surface area contributed by atoms with Crippen LogP contribution in [0.2, 0.25) is 0 Å². The predicted octanol–water partition coefficient (Wildman–Crippen LogP) is -1.06. The van der Waals surface area contributed by atoms with Crippen LogP contribution in [0.3, 0.4) is 0 Å². The van der Waals surface area contributed by atoms with Crippen LogP contribution in [0.15, 0.2) is 0 Å². The largest absolute Gasteiger partial charge is 0.378 e. The fourth-order valence-electron chi connectivity index (χ4n) is 2.85. The van der Waals surface area contributed by atoms with Crippen molar-refractivity contribution in [1.29, 1.82) is 0 Å². The molecule has 2 heterocycles. The number of morpholine rings is 1. The van der Waals surface area contributed by atoms with Crippen molar-refractivity contribution in [3.05, 3.63) is 0 Å². The number of piperazine rings is 1. The van der Waals surface area contributed by atoms with Crippen molar-refractivity contribution in [2.45, 2.75) is 13.0 Å². The summed E-state index contributed by atoms with van der Waals surface area (Å²) in [6.45, 7) is 8.44. The number of hydrogen-bond acceptors (Lipinski definition) is 5. The van der Waals surface area contributed by atoms with Gasteiger partial charge in [-0.15, -0.1) is 0 Å². The van der Waals surface area contributed by atoms with E-state index in [1.54, 1.807) is 19.0 Å². The van der Waals surface area contributed by atoms with Gasteiger partial charge in [-0.1, -0.05) is 0 Å². The number of hydrogen-bond donors (Lipinski definition) is 0. The summed E-state index contributed by atoms with van der Waals surface area (Å²) in [5.74, 6) is 0.326. The molecule has 2 rings (SSSR count). The average molecular weight is 312 g/mol. The summed E-state index contributed by atoms with van der Waals surface area (Å²) < 4.78 is 5.30. The molecule has 2 saturated heterocycles. The minimum Gasteiger partial charge on any atom is -0.378 e. The molecule has 2 amide bonds. The van der Waals surface area contributed by atoms with Gasteiger partial charge in [0.2, 0.25) is 11.8 Å². The number of carbonyl (C=O) groups is 2. The zero-order valence-corrected chi connectivity index (χ0v) is 14.0. The molecule has 0 spiro atoms. The van der Waals surface area contributed by atoms with E-state index in [0.717, 1.165) is 26.2 Å². The highest BCUT2D eigenvalue weighted by molar-refractivity contribution is 5.81. The highest BCUT2D eigenvalue weighted by Crippen LogP contribution is 2.10. The Morgan fingerprint density at radius 1 is 1.05 bits per heavy atom. The number of carbonyl (C=O) groups excluding carboxylic acids is 2. The Kier molecular flexibility index (Phi) is 6.16. The molecule has 1 unspecified atom stereocenters. The molecule has 2 aliphatic rings. The second-order valence-electron chi connectivity index (χ2n) is 6.21. The minimum absolute atomic E-state index is 0.0928. The smallest absolute Gasteiger partial charge is 0.239 e. The van der Waals surface area contributed by atoms with Gasteiger partial charge in [0.25, 0.3) is 0 Å². The first-order chi connectivity index (χ1) is 10.5. The zero-order valence-electron chi connectivity index (χ0n) is 14.0. The number of nitrogens with zero attached hydrogens (tertiary/aromatic N) is 4. The van der Waals surface area contributed by atoms with E-state index < -0.39 is 0 Å². The number of amides is 2. The summed E-state index contributed by atoms with van der Waals surface area (Å²) in [6, 6.07) is -0.0928. The van der Waals surface area contributed by atoms with Crippen LogP contribution < -0.4 is 0 Å². The van der Waals surface area contributed by atoms with Gasteiger partial charge in [0.1, 0.15) is 0 Å². The second-order valence-corrected chi connectivity index (χ2v) is 6.21. The van der Waals surface area contributed by atoms with Gasteiger partial charge in [-0.3, -0.25) is 19.4 Å². The van der Waals surface area contributed by atoms with Crippen LogP contribution in [0.25, 0.3) is 0 Å². The molecule has 2 aliphatic heterocycles. The van der Waals surface area contributed by atoms with Crippen molar-refractivity contribution >= 4 is 11.8 Å². The first-order valence-corrected chi connectivity index (χ1v) is 8.02. The number of likely N-dealkylation sites (N-methyl/N-ethyl adjacent to an activating group) is 1. The first-order valence-electron chi connectivity index (χ1n) is 8.02. The van der Waals surface area contributed by atoms with Gasteiger partial charge >= 0.3 is 0 Å². The molecule has 22 heavy (non-hydrogen) atoms. The third-order valence-electron chi connectivity index (χ3n) is 4.49. The molecule has 1 atom stereocenters. The van der Waals surface area contributed by atoms with Crippen LogP contribution in [0.4, 0.5) is 0 Å². The normalized spacial score (nSPS) is 22.4. The molecule has 2 fully saturated rings. The Hall–Kier alpha value is -1.18. The highest BCUT2D eigenvalue weighted by atomic mass is 16.5. The molecule has 0 aromatic carbocycles. The summed E-state index contributed by atoms with van der Waals surface area (Å²) in [5, 5.41) is 0. The summed E-state index contributed by atoms with van der Waals surface area (Å²) in [7, 11) is 3.56. The summed E-state index contributed by atoms with van der Waals surface area (Å²) in [6.07, 6.45) is 0. The lowest BCUT2D eigenvalue weighted by molar-refractivity contribution is -0.141. The Morgan fingerprint density at radius 2 is 1.64 bits per heavy atom. The van der Waals surface area contributed by atoms with Gasteiger partial charge < -0.3 is 14.5 Å². The van der Waals surface area contributed by atoms with E-state index >= 15 is 0 Å². The van der Waals surface area contributed by atoms with Crippen molar-refractivity contribution in [2.24, 2.45) is 0 Å². The van der Waals surface area contributed by atoms with Crippen LogP contribution in [0.5, 0.6) is 0 Å². The summed E-state index contributed by atoms with van der Waals surface area (Å²) >= 11 is 0. The standard InChI is InChI=1S/C15H28N4O3/c1-13(15(21)19-8-10-22-11-9-19)18-6-4-17(5-7-18)12-14(20)16(2)3/h13H,4-12H2,1-3H3. The van der Waals surface area contributed by atoms with Crippen LogP contribution in [0, 0.1) is 0 Å². The van der Waals surface area contributed by atoms with Crippen LogP contribution in [-0.2, 0) is 14.3 Å². The molecule has 7 nitrogen and oxygen atoms in total. The van der Waals surface area contributed by atoms with E-state index in [0.29, 0.717) is 32.8 Å². The molecule has 0 N–H and O–H groups in total. The molecule has 0 bridgehead atoms. The van der Waals surface area contributed by atoms with Gasteiger partial charge in [0, 0.05) is 53.4 Å². The monoisotopic (exact) mass is 312 g/mol. The molecular weight excluding hydrogens is 284 g/mol. The minimum atomic E-state index is -0.0928. The van der Waals surface area contributed by atoms with Crippen molar-refractivity contribution in [3.63, 3.8) is 0 Å². The van der Waals surface area contributed by atoms with Crippen molar-refractivity contribution < 1.29 is 14.3 Å². The average Bonchev–Trinajstić information content (AvgIpc) is 2.55. The fraction of sp³-hybridized carbons (Fsp3) is 0.867. The maximum Gasteiger partial charge on any atom is 0.239 e. The van der Waals surface area contributed by atoms with Gasteiger partial charge in [-0.2, -0.15) is 0 Å². The van der Waals surface area contributed by atoms with Gasteiger partial charge in [0.15, 0.2) is 0 Å². The third kappa shape index (κ3) is 4.41. The van der Waals surface area contributed by atoms with E-state index in [9.17, 15) is 9.59 Å². The third-order valence-corrected chi connectivity index (χ3v) is 4.49. The van der Waals surface area contributed by atoms with Gasteiger partial charge in [-0.25, -0.2) is 0 Å². The van der Waals surface area contributed by atoms with Gasteiger partial charge in [-0.05, 0) is 6.92 Å². The molecule has 0 aromatic rings. The molecule has 0 radical (unpaired) electrons. The molecule has 126 valence electrons. The molecular formula is C15H28N4O3. The molecule has 0 aromatic heterocycles. The van der Waals surface area contributed by atoms with E-state index in [1.807, 2.05) is 11.8 Å². The Morgan fingerprint density at radius 3 is 2.18 bits per heavy atom. The lowest BCUT2D eigenvalue weighted by atomic mass is 10.2. The van der Waals surface area contributed by atoms with Gasteiger partial charge in [0.05, 0.1) is 25.8 Å². The maximum absolute atomic E-state index is 12.5. The quantitative estimate of drug-likeness (QED) is 0.662. The van der Waals surface area contributed by atoms with Crippen molar-refractivity contribution in [2.75, 3.05) is 73.1 Å². The number of rotatable bonds is 4. The van der Waals surface area contributed by atoms with Crippen LogP contribution in [-0.4, -0.2) is 111 Å². The second kappa shape index (κ2) is 7.89. The predicted molar refractivity (Wildman–Crippen MR) is 83.6 cm³/mol. The Labute approximate surface area is 132 Å². The topological polar surface area (TPSA) is 56.3 Å². The molecule has 0 saturated carbocycles. The number of ether oxygens (including phenoxy) is 1. The maximum atomic E-state index is 12.5. The van der Waals surface area contributed by atoms with E-state index in [4.69, 9.17) is 4.74 Å². The summed E-state index contributed by atoms with van der Waals surface area (Å²) in [4.78, 5) is 32.1. The van der Waals surface area contributed by atoms with E-state index in [-0.39, 0.29) is 17.9 Å². The van der Waals surface area contributed by atoms with E-state index in [2.05, 4.69) is 9.80 Å². The molecule has 0 aliphatic carbocycles. The van der Waals surface area contributed by atoms with Crippen LogP contribution in [0.1, 0.15) is 6.92 Å². The van der Waals surface area contributed by atoms with E-state index in [1.165, 1.54) is 0 Å². The zero-order chi connectivity index (χ0) is 16.1. The lowest BCUT2D eigenvalue weighted by Gasteiger charge is -2.39. The SMILES string of the molecule is CC(C(=O)N1CCOCC1)N1CCN(CC(=O)N(C)C)CC1. The Bertz CT molecular complexity index is 388. The Balaban J connectivity index is 1.78. The summed E-state index contributed by atoms with van der Waals surface area (Å²) in [5.41, 5.74) is 0. The van der Waals surface area contributed by atoms with Crippen molar-refractivity contribution in [1.82, 2.24) is 19.6 Å². The highest BCUT2D eigenvalue weighted by Gasteiger charge is 2.29. The molecule has 7 heteroatoms. The van der Waals surface area contributed by atoms with Crippen LogP contribution >= 0.6 is 0 Å².